The third-order valence-electron chi connectivity index (χ3n) is 2.59. The van der Waals surface area contributed by atoms with Crippen LogP contribution in [0.25, 0.3) is 0 Å². The van der Waals surface area contributed by atoms with Crippen molar-refractivity contribution in [3.8, 4) is 0 Å². The molecule has 0 spiro atoms. The first-order valence-corrected chi connectivity index (χ1v) is 6.13. The molecule has 1 saturated heterocycles. The monoisotopic (exact) mass is 241 g/mol. The molecule has 5 heteroatoms. The number of amides is 2. The molecule has 0 bridgehead atoms. The van der Waals surface area contributed by atoms with Crippen LogP contribution in [0, 0.1) is 0 Å². The standard InChI is InChI=1S/C12H23N3O2/c1-9-11(17)15(7-5-6-13-9)8-10(16)14-12(2,3)4/h9,13H,5-8H2,1-4H3,(H,14,16). The summed E-state index contributed by atoms with van der Waals surface area (Å²) in [7, 11) is 0. The van der Waals surface area contributed by atoms with Crippen molar-refractivity contribution >= 4 is 11.8 Å². The van der Waals surface area contributed by atoms with Crippen LogP contribution in [0.15, 0.2) is 0 Å². The van der Waals surface area contributed by atoms with Crippen LogP contribution in [0.5, 0.6) is 0 Å². The van der Waals surface area contributed by atoms with Gasteiger partial charge in [0.25, 0.3) is 0 Å². The Morgan fingerprint density at radius 2 is 2.18 bits per heavy atom. The normalized spacial score (nSPS) is 22.2. The average Bonchev–Trinajstić information content (AvgIpc) is 2.30. The topological polar surface area (TPSA) is 61.4 Å². The van der Waals surface area contributed by atoms with Crippen LogP contribution in [-0.4, -0.2) is 47.9 Å². The number of nitrogens with one attached hydrogen (secondary N) is 2. The Hall–Kier alpha value is -1.10. The minimum Gasteiger partial charge on any atom is -0.350 e. The van der Waals surface area contributed by atoms with Crippen molar-refractivity contribution in [3.63, 3.8) is 0 Å². The number of carbonyl (C=O) groups excluding carboxylic acids is 2. The summed E-state index contributed by atoms with van der Waals surface area (Å²) in [6.45, 7) is 9.25. The molecule has 0 radical (unpaired) electrons. The third-order valence-corrected chi connectivity index (χ3v) is 2.59. The molecule has 1 rings (SSSR count). The first-order chi connectivity index (χ1) is 7.79. The van der Waals surface area contributed by atoms with Gasteiger partial charge >= 0.3 is 0 Å². The second-order valence-electron chi connectivity index (χ2n) is 5.59. The van der Waals surface area contributed by atoms with Gasteiger partial charge in [0.1, 0.15) is 0 Å². The van der Waals surface area contributed by atoms with Gasteiger partial charge in [-0.25, -0.2) is 0 Å². The van der Waals surface area contributed by atoms with Crippen LogP contribution in [0.2, 0.25) is 0 Å². The second-order valence-corrected chi connectivity index (χ2v) is 5.59. The van der Waals surface area contributed by atoms with Gasteiger partial charge in [-0.15, -0.1) is 0 Å². The minimum atomic E-state index is -0.254. The summed E-state index contributed by atoms with van der Waals surface area (Å²) >= 11 is 0. The van der Waals surface area contributed by atoms with E-state index in [2.05, 4.69) is 10.6 Å². The Balaban J connectivity index is 2.54. The van der Waals surface area contributed by atoms with Crippen molar-refractivity contribution < 1.29 is 9.59 Å². The van der Waals surface area contributed by atoms with E-state index in [1.165, 1.54) is 0 Å². The van der Waals surface area contributed by atoms with Gasteiger partial charge < -0.3 is 15.5 Å². The van der Waals surface area contributed by atoms with Gasteiger partial charge in [-0.1, -0.05) is 0 Å². The van der Waals surface area contributed by atoms with E-state index in [0.29, 0.717) is 6.54 Å². The van der Waals surface area contributed by atoms with Gasteiger partial charge in [-0.3, -0.25) is 9.59 Å². The quantitative estimate of drug-likeness (QED) is 0.721. The molecular weight excluding hydrogens is 218 g/mol. The zero-order chi connectivity index (χ0) is 13.1. The van der Waals surface area contributed by atoms with Crippen molar-refractivity contribution in [2.24, 2.45) is 0 Å². The molecule has 0 aromatic rings. The highest BCUT2D eigenvalue weighted by Gasteiger charge is 2.25. The Morgan fingerprint density at radius 3 is 2.76 bits per heavy atom. The number of nitrogens with zero attached hydrogens (tertiary/aromatic N) is 1. The Kier molecular flexibility index (Phi) is 4.51. The van der Waals surface area contributed by atoms with Crippen molar-refractivity contribution in [1.29, 1.82) is 0 Å². The number of rotatable bonds is 2. The summed E-state index contributed by atoms with van der Waals surface area (Å²) in [5.41, 5.74) is -0.254. The lowest BCUT2D eigenvalue weighted by atomic mass is 10.1. The summed E-state index contributed by atoms with van der Waals surface area (Å²) < 4.78 is 0. The molecule has 0 aromatic carbocycles. The molecule has 2 amide bonds. The zero-order valence-electron chi connectivity index (χ0n) is 11.2. The van der Waals surface area contributed by atoms with E-state index in [0.717, 1.165) is 13.0 Å². The number of carbonyl (C=O) groups is 2. The van der Waals surface area contributed by atoms with E-state index in [1.54, 1.807) is 4.90 Å². The highest BCUT2D eigenvalue weighted by Crippen LogP contribution is 2.03. The van der Waals surface area contributed by atoms with E-state index in [-0.39, 0.29) is 29.9 Å². The molecule has 0 aromatic heterocycles. The second kappa shape index (κ2) is 5.49. The number of hydrogen-bond acceptors (Lipinski definition) is 3. The molecule has 0 saturated carbocycles. The van der Waals surface area contributed by atoms with Crippen molar-refractivity contribution in [1.82, 2.24) is 15.5 Å². The summed E-state index contributed by atoms with van der Waals surface area (Å²) in [5, 5.41) is 5.99. The molecule has 5 nitrogen and oxygen atoms in total. The van der Waals surface area contributed by atoms with Crippen LogP contribution in [0.1, 0.15) is 34.1 Å². The van der Waals surface area contributed by atoms with Crippen LogP contribution >= 0.6 is 0 Å². The van der Waals surface area contributed by atoms with Crippen LogP contribution in [0.4, 0.5) is 0 Å². The van der Waals surface area contributed by atoms with Gasteiger partial charge in [0, 0.05) is 12.1 Å². The lowest BCUT2D eigenvalue weighted by Gasteiger charge is -2.25. The maximum Gasteiger partial charge on any atom is 0.240 e. The smallest absolute Gasteiger partial charge is 0.240 e. The van der Waals surface area contributed by atoms with Gasteiger partial charge in [0.05, 0.1) is 12.6 Å². The van der Waals surface area contributed by atoms with E-state index < -0.39 is 0 Å². The summed E-state index contributed by atoms with van der Waals surface area (Å²) in [4.78, 5) is 25.3. The minimum absolute atomic E-state index is 0.00607. The molecule has 1 atom stereocenters. The molecule has 0 aliphatic carbocycles. The highest BCUT2D eigenvalue weighted by molar-refractivity contribution is 5.87. The maximum absolute atomic E-state index is 11.9. The summed E-state index contributed by atoms with van der Waals surface area (Å²) in [6.07, 6.45) is 0.888. The Morgan fingerprint density at radius 1 is 1.53 bits per heavy atom. The fourth-order valence-corrected chi connectivity index (χ4v) is 1.85. The fourth-order valence-electron chi connectivity index (χ4n) is 1.85. The SMILES string of the molecule is CC1NCCCN(CC(=O)NC(C)(C)C)C1=O. The largest absolute Gasteiger partial charge is 0.350 e. The fraction of sp³-hybridized carbons (Fsp3) is 0.833. The maximum atomic E-state index is 11.9. The molecule has 1 unspecified atom stereocenters. The summed E-state index contributed by atoms with van der Waals surface area (Å²) in [5.74, 6) is -0.0912. The van der Waals surface area contributed by atoms with Crippen molar-refractivity contribution in [2.45, 2.75) is 45.7 Å². The molecule has 98 valence electrons. The predicted molar refractivity (Wildman–Crippen MR) is 66.6 cm³/mol. The summed E-state index contributed by atoms with van der Waals surface area (Å²) in [6, 6.07) is -0.195. The highest BCUT2D eigenvalue weighted by atomic mass is 16.2. The van der Waals surface area contributed by atoms with Crippen LogP contribution in [-0.2, 0) is 9.59 Å². The number of hydrogen-bond donors (Lipinski definition) is 2. The Bertz CT molecular complexity index is 297. The molecule has 1 fully saturated rings. The lowest BCUT2D eigenvalue weighted by Crippen LogP contribution is -2.49. The molecule has 1 aliphatic rings. The molecular formula is C12H23N3O2. The lowest BCUT2D eigenvalue weighted by molar-refractivity contribution is -0.137. The van der Waals surface area contributed by atoms with E-state index in [1.807, 2.05) is 27.7 Å². The average molecular weight is 241 g/mol. The predicted octanol–water partition coefficient (Wildman–Crippen LogP) is 0.112. The van der Waals surface area contributed by atoms with Gasteiger partial charge in [-0.2, -0.15) is 0 Å². The van der Waals surface area contributed by atoms with E-state index in [4.69, 9.17) is 0 Å². The molecule has 1 heterocycles. The van der Waals surface area contributed by atoms with E-state index >= 15 is 0 Å². The van der Waals surface area contributed by atoms with E-state index in [9.17, 15) is 9.59 Å². The van der Waals surface area contributed by atoms with Crippen molar-refractivity contribution in [2.75, 3.05) is 19.6 Å². The van der Waals surface area contributed by atoms with Gasteiger partial charge in [-0.05, 0) is 40.7 Å². The zero-order valence-corrected chi connectivity index (χ0v) is 11.2. The molecule has 17 heavy (non-hydrogen) atoms. The Labute approximate surface area is 103 Å². The van der Waals surface area contributed by atoms with Gasteiger partial charge in [0.2, 0.25) is 11.8 Å². The molecule has 1 aliphatic heterocycles. The first kappa shape index (κ1) is 14.0. The van der Waals surface area contributed by atoms with Gasteiger partial charge in [0.15, 0.2) is 0 Å². The van der Waals surface area contributed by atoms with Crippen molar-refractivity contribution in [3.05, 3.63) is 0 Å². The first-order valence-electron chi connectivity index (χ1n) is 6.13. The molecule has 2 N–H and O–H groups in total. The van der Waals surface area contributed by atoms with Crippen LogP contribution < -0.4 is 10.6 Å². The third kappa shape index (κ3) is 4.73. The van der Waals surface area contributed by atoms with Crippen LogP contribution in [0.3, 0.4) is 0 Å².